The fraction of sp³-hybridized carbons (Fsp3) is 0.682. The third kappa shape index (κ3) is 3.30. The molecule has 3 aliphatic rings. The van der Waals surface area contributed by atoms with Crippen molar-refractivity contribution in [3.05, 3.63) is 16.3 Å². The van der Waals surface area contributed by atoms with Crippen molar-refractivity contribution in [3.63, 3.8) is 0 Å². The molecule has 1 atom stereocenters. The number of amides is 1. The minimum absolute atomic E-state index is 0.301. The van der Waals surface area contributed by atoms with Crippen LogP contribution in [-0.4, -0.2) is 47.0 Å². The van der Waals surface area contributed by atoms with Crippen LogP contribution in [0, 0.1) is 5.92 Å². The first kappa shape index (κ1) is 18.3. The summed E-state index contributed by atoms with van der Waals surface area (Å²) in [6, 6.07) is 0. The first-order valence-electron chi connectivity index (χ1n) is 11.0. The van der Waals surface area contributed by atoms with Crippen molar-refractivity contribution in [1.29, 1.82) is 0 Å². The number of aromatic nitrogens is 2. The van der Waals surface area contributed by atoms with Crippen LogP contribution in [0.25, 0.3) is 10.2 Å². The monoisotopic (exact) mass is 398 g/mol. The Morgan fingerprint density at radius 3 is 2.64 bits per heavy atom. The van der Waals surface area contributed by atoms with E-state index in [0.717, 1.165) is 56.6 Å². The van der Waals surface area contributed by atoms with Gasteiger partial charge in [-0.05, 0) is 50.0 Å². The lowest BCUT2D eigenvalue weighted by molar-refractivity contribution is -0.131. The molecule has 0 unspecified atom stereocenters. The second kappa shape index (κ2) is 7.29. The van der Waals surface area contributed by atoms with Crippen molar-refractivity contribution in [3.8, 4) is 0 Å². The number of hydrogen-bond acceptors (Lipinski definition) is 5. The summed E-state index contributed by atoms with van der Waals surface area (Å²) in [5.41, 5.74) is 1.51. The number of anilines is 1. The van der Waals surface area contributed by atoms with E-state index in [4.69, 9.17) is 9.97 Å². The smallest absolute Gasteiger partial charge is 0.222 e. The molecular weight excluding hydrogens is 368 g/mol. The Morgan fingerprint density at radius 1 is 1.14 bits per heavy atom. The maximum absolute atomic E-state index is 12.3. The molecule has 6 heteroatoms. The highest BCUT2D eigenvalue weighted by atomic mass is 32.1. The van der Waals surface area contributed by atoms with Gasteiger partial charge in [-0.3, -0.25) is 4.79 Å². The third-order valence-corrected chi connectivity index (χ3v) is 7.64. The number of nitrogens with zero attached hydrogens (tertiary/aromatic N) is 4. The average molecular weight is 399 g/mol. The van der Waals surface area contributed by atoms with E-state index in [9.17, 15) is 4.79 Å². The van der Waals surface area contributed by atoms with Crippen LogP contribution >= 0.6 is 11.3 Å². The van der Waals surface area contributed by atoms with Crippen LogP contribution in [0.3, 0.4) is 0 Å². The minimum Gasteiger partial charge on any atom is -0.352 e. The number of rotatable bonds is 4. The minimum atomic E-state index is 0.301. The van der Waals surface area contributed by atoms with Gasteiger partial charge in [0, 0.05) is 43.4 Å². The number of piperazine rings is 1. The fourth-order valence-electron chi connectivity index (χ4n) is 4.63. The van der Waals surface area contributed by atoms with E-state index >= 15 is 0 Å². The van der Waals surface area contributed by atoms with Gasteiger partial charge in [0.25, 0.3) is 0 Å². The van der Waals surface area contributed by atoms with Gasteiger partial charge in [-0.1, -0.05) is 13.8 Å². The molecule has 0 N–H and O–H groups in total. The summed E-state index contributed by atoms with van der Waals surface area (Å²) < 4.78 is 0. The van der Waals surface area contributed by atoms with Gasteiger partial charge >= 0.3 is 0 Å². The molecule has 2 aliphatic carbocycles. The second-order valence-electron chi connectivity index (χ2n) is 8.83. The van der Waals surface area contributed by atoms with Crippen molar-refractivity contribution in [2.24, 2.45) is 5.92 Å². The zero-order valence-electron chi connectivity index (χ0n) is 17.0. The Labute approximate surface area is 171 Å². The Kier molecular flexibility index (Phi) is 4.77. The number of carbonyl (C=O) groups excluding carboxylic acids is 1. The van der Waals surface area contributed by atoms with Gasteiger partial charge in [0.15, 0.2) is 0 Å². The van der Waals surface area contributed by atoms with Gasteiger partial charge in [-0.15, -0.1) is 11.3 Å². The molecule has 2 fully saturated rings. The molecule has 1 amide bonds. The van der Waals surface area contributed by atoms with Crippen LogP contribution in [0.1, 0.15) is 68.1 Å². The van der Waals surface area contributed by atoms with E-state index in [-0.39, 0.29) is 0 Å². The van der Waals surface area contributed by atoms with E-state index in [2.05, 4.69) is 18.7 Å². The Hall–Kier alpha value is -1.69. The molecule has 0 spiro atoms. The Bertz CT molecular complexity index is 896. The van der Waals surface area contributed by atoms with Crippen LogP contribution in [0.2, 0.25) is 0 Å². The highest BCUT2D eigenvalue weighted by Crippen LogP contribution is 2.44. The zero-order chi connectivity index (χ0) is 19.3. The lowest BCUT2D eigenvalue weighted by Gasteiger charge is -2.36. The van der Waals surface area contributed by atoms with Gasteiger partial charge in [0.1, 0.15) is 16.5 Å². The summed E-state index contributed by atoms with van der Waals surface area (Å²) in [5, 5.41) is 1.32. The summed E-state index contributed by atoms with van der Waals surface area (Å²) in [7, 11) is 0. The average Bonchev–Trinajstić information content (AvgIpc) is 3.48. The van der Waals surface area contributed by atoms with Crippen molar-refractivity contribution in [2.45, 2.75) is 64.7 Å². The third-order valence-electron chi connectivity index (χ3n) is 6.49. The topological polar surface area (TPSA) is 49.3 Å². The maximum atomic E-state index is 12.3. The van der Waals surface area contributed by atoms with Crippen molar-refractivity contribution < 1.29 is 4.79 Å². The number of thiophene rings is 1. The normalized spacial score (nSPS) is 22.6. The molecule has 150 valence electrons. The molecule has 1 saturated heterocycles. The number of carbonyl (C=O) groups is 1. The highest BCUT2D eigenvalue weighted by Gasteiger charge is 2.32. The predicted molar refractivity (Wildman–Crippen MR) is 114 cm³/mol. The first-order valence-corrected chi connectivity index (χ1v) is 11.8. The van der Waals surface area contributed by atoms with Crippen LogP contribution < -0.4 is 4.90 Å². The van der Waals surface area contributed by atoms with Gasteiger partial charge in [0.2, 0.25) is 5.91 Å². The summed E-state index contributed by atoms with van der Waals surface area (Å²) in [6.45, 7) is 7.83. The molecule has 2 aromatic rings. The quantitative estimate of drug-likeness (QED) is 0.777. The SMILES string of the molecule is CCCC(=O)N1CCN(c2nc(C3CC3)nc3sc4c(c23)CC[C@H](C)C4)CC1. The molecule has 0 aromatic carbocycles. The Balaban J connectivity index is 1.49. The van der Waals surface area contributed by atoms with Crippen LogP contribution in [0.15, 0.2) is 0 Å². The standard InChI is InChI=1S/C22H30N4OS/c1-3-4-18(27)25-9-11-26(12-10-25)21-19-16-8-5-14(2)13-17(16)28-22(19)24-20(23-21)15-6-7-15/h14-15H,3-13H2,1-2H3/t14-/m0/s1. The predicted octanol–water partition coefficient (Wildman–Crippen LogP) is 4.14. The lowest BCUT2D eigenvalue weighted by atomic mass is 9.89. The molecule has 2 aromatic heterocycles. The van der Waals surface area contributed by atoms with E-state index < -0.39 is 0 Å². The largest absolute Gasteiger partial charge is 0.352 e. The molecule has 5 nitrogen and oxygen atoms in total. The van der Waals surface area contributed by atoms with Crippen LogP contribution in [-0.2, 0) is 17.6 Å². The number of aryl methyl sites for hydroxylation is 1. The first-order chi connectivity index (χ1) is 13.6. The molecule has 3 heterocycles. The molecule has 28 heavy (non-hydrogen) atoms. The molecule has 0 bridgehead atoms. The fourth-order valence-corrected chi connectivity index (χ4v) is 6.02. The van der Waals surface area contributed by atoms with Crippen LogP contribution in [0.5, 0.6) is 0 Å². The molecule has 1 saturated carbocycles. The van der Waals surface area contributed by atoms with Gasteiger partial charge in [0.05, 0.1) is 5.39 Å². The summed E-state index contributed by atoms with van der Waals surface area (Å²) in [4.78, 5) is 29.6. The lowest BCUT2D eigenvalue weighted by Crippen LogP contribution is -2.49. The number of fused-ring (bicyclic) bond motifs is 3. The summed E-state index contributed by atoms with van der Waals surface area (Å²) >= 11 is 1.91. The van der Waals surface area contributed by atoms with Crippen LogP contribution in [0.4, 0.5) is 5.82 Å². The van der Waals surface area contributed by atoms with E-state index in [1.54, 1.807) is 0 Å². The molecular formula is C22H30N4OS. The van der Waals surface area contributed by atoms with E-state index in [1.807, 2.05) is 16.2 Å². The second-order valence-corrected chi connectivity index (χ2v) is 9.91. The highest BCUT2D eigenvalue weighted by molar-refractivity contribution is 7.19. The molecule has 5 rings (SSSR count). The summed E-state index contributed by atoms with van der Waals surface area (Å²) in [5.74, 6) is 3.84. The van der Waals surface area contributed by atoms with E-state index in [0.29, 0.717) is 18.2 Å². The van der Waals surface area contributed by atoms with Crippen molar-refractivity contribution >= 4 is 33.3 Å². The zero-order valence-corrected chi connectivity index (χ0v) is 17.9. The van der Waals surface area contributed by atoms with Gasteiger partial charge in [-0.2, -0.15) is 0 Å². The summed E-state index contributed by atoms with van der Waals surface area (Å²) in [6.07, 6.45) is 7.66. The van der Waals surface area contributed by atoms with E-state index in [1.165, 1.54) is 46.3 Å². The molecule has 1 aliphatic heterocycles. The van der Waals surface area contributed by atoms with Gasteiger partial charge in [-0.25, -0.2) is 9.97 Å². The molecule has 0 radical (unpaired) electrons. The Morgan fingerprint density at radius 2 is 1.93 bits per heavy atom. The number of hydrogen-bond donors (Lipinski definition) is 0. The van der Waals surface area contributed by atoms with Crippen molar-refractivity contribution in [1.82, 2.24) is 14.9 Å². The van der Waals surface area contributed by atoms with Gasteiger partial charge < -0.3 is 9.80 Å². The maximum Gasteiger partial charge on any atom is 0.222 e. The van der Waals surface area contributed by atoms with Crippen molar-refractivity contribution in [2.75, 3.05) is 31.1 Å².